The van der Waals surface area contributed by atoms with E-state index in [0.29, 0.717) is 21.6 Å². The first-order valence-electron chi connectivity index (χ1n) is 5.11. The number of benzene rings is 1. The molecule has 2 aromatic rings. The number of alkyl halides is 3. The van der Waals surface area contributed by atoms with Crippen LogP contribution in [0.4, 0.5) is 13.2 Å². The Morgan fingerprint density at radius 3 is 2.72 bits per heavy atom. The maximum absolute atomic E-state index is 12.5. The maximum atomic E-state index is 12.5. The van der Waals surface area contributed by atoms with Gasteiger partial charge in [-0.1, -0.05) is 0 Å². The van der Waals surface area contributed by atoms with Gasteiger partial charge in [0.2, 0.25) is 5.91 Å². The van der Waals surface area contributed by atoms with Crippen molar-refractivity contribution in [3.63, 3.8) is 0 Å². The Labute approximate surface area is 104 Å². The number of nitrogens with two attached hydrogens (primary N) is 1. The molecule has 18 heavy (non-hydrogen) atoms. The molecule has 2 rings (SSSR count). The van der Waals surface area contributed by atoms with E-state index < -0.39 is 17.6 Å². The normalized spacial score (nSPS) is 11.9. The number of thiazole rings is 1. The van der Waals surface area contributed by atoms with Crippen LogP contribution in [0.2, 0.25) is 0 Å². The van der Waals surface area contributed by atoms with E-state index in [-0.39, 0.29) is 6.42 Å². The maximum Gasteiger partial charge on any atom is 0.416 e. The summed E-state index contributed by atoms with van der Waals surface area (Å²) in [7, 11) is 0. The van der Waals surface area contributed by atoms with E-state index in [1.54, 1.807) is 0 Å². The smallest absolute Gasteiger partial charge is 0.370 e. The largest absolute Gasteiger partial charge is 0.416 e. The number of aromatic nitrogens is 1. The fourth-order valence-corrected chi connectivity index (χ4v) is 2.44. The van der Waals surface area contributed by atoms with E-state index in [4.69, 9.17) is 5.73 Å². The van der Waals surface area contributed by atoms with Crippen molar-refractivity contribution in [1.29, 1.82) is 0 Å². The number of halogens is 3. The third-order valence-corrected chi connectivity index (χ3v) is 3.44. The van der Waals surface area contributed by atoms with E-state index in [2.05, 4.69) is 4.98 Å². The van der Waals surface area contributed by atoms with Gasteiger partial charge in [0.1, 0.15) is 0 Å². The van der Waals surface area contributed by atoms with Crippen LogP contribution < -0.4 is 5.73 Å². The van der Waals surface area contributed by atoms with Crippen molar-refractivity contribution in [3.8, 4) is 0 Å². The van der Waals surface area contributed by atoms with Crippen LogP contribution in [-0.2, 0) is 17.4 Å². The summed E-state index contributed by atoms with van der Waals surface area (Å²) >= 11 is 1.27. The molecular formula is C11H9F3N2OS. The van der Waals surface area contributed by atoms with Gasteiger partial charge in [-0.15, -0.1) is 11.3 Å². The molecule has 1 aromatic carbocycles. The van der Waals surface area contributed by atoms with Crippen molar-refractivity contribution in [2.75, 3.05) is 0 Å². The lowest BCUT2D eigenvalue weighted by atomic mass is 10.2. The van der Waals surface area contributed by atoms with E-state index in [1.807, 2.05) is 0 Å². The third-order valence-electron chi connectivity index (χ3n) is 2.34. The van der Waals surface area contributed by atoms with Crippen LogP contribution in [0.25, 0.3) is 10.2 Å². The second-order valence-electron chi connectivity index (χ2n) is 3.75. The molecule has 0 fully saturated rings. The Bertz CT molecular complexity index is 591. The highest BCUT2D eigenvalue weighted by atomic mass is 32.1. The summed E-state index contributed by atoms with van der Waals surface area (Å²) < 4.78 is 38.1. The molecule has 0 atom stereocenters. The topological polar surface area (TPSA) is 56.0 Å². The van der Waals surface area contributed by atoms with E-state index in [0.717, 1.165) is 12.1 Å². The Morgan fingerprint density at radius 2 is 2.11 bits per heavy atom. The number of primary amides is 1. The molecular weight excluding hydrogens is 265 g/mol. The second kappa shape index (κ2) is 4.56. The van der Waals surface area contributed by atoms with Gasteiger partial charge in [0, 0.05) is 12.8 Å². The highest BCUT2D eigenvalue weighted by molar-refractivity contribution is 7.18. The summed E-state index contributed by atoms with van der Waals surface area (Å²) in [5, 5.41) is 0.614. The van der Waals surface area contributed by atoms with Gasteiger partial charge < -0.3 is 5.73 Å². The first-order chi connectivity index (χ1) is 8.36. The summed E-state index contributed by atoms with van der Waals surface area (Å²) in [6.45, 7) is 0. The van der Waals surface area contributed by atoms with Crippen LogP contribution in [0, 0.1) is 0 Å². The molecule has 0 saturated heterocycles. The van der Waals surface area contributed by atoms with Crippen LogP contribution >= 0.6 is 11.3 Å². The molecule has 96 valence electrons. The third kappa shape index (κ3) is 2.79. The molecule has 0 bridgehead atoms. The molecule has 0 radical (unpaired) electrons. The van der Waals surface area contributed by atoms with Crippen molar-refractivity contribution < 1.29 is 18.0 Å². The van der Waals surface area contributed by atoms with Gasteiger partial charge in [0.15, 0.2) is 0 Å². The second-order valence-corrected chi connectivity index (χ2v) is 4.87. The van der Waals surface area contributed by atoms with Crippen molar-refractivity contribution >= 4 is 27.5 Å². The average Bonchev–Trinajstić information content (AvgIpc) is 2.66. The van der Waals surface area contributed by atoms with Gasteiger partial charge in [-0.25, -0.2) is 4.98 Å². The summed E-state index contributed by atoms with van der Waals surface area (Å²) in [6.07, 6.45) is -3.87. The highest BCUT2D eigenvalue weighted by Gasteiger charge is 2.30. The van der Waals surface area contributed by atoms with Crippen LogP contribution in [0.1, 0.15) is 17.0 Å². The predicted molar refractivity (Wildman–Crippen MR) is 62.1 cm³/mol. The minimum Gasteiger partial charge on any atom is -0.370 e. The predicted octanol–water partition coefficient (Wildman–Crippen LogP) is 2.73. The fraction of sp³-hybridized carbons (Fsp3) is 0.273. The number of hydrogen-bond acceptors (Lipinski definition) is 3. The zero-order valence-corrected chi connectivity index (χ0v) is 9.94. The number of fused-ring (bicyclic) bond motifs is 1. The SMILES string of the molecule is NC(=O)CCc1nc2cc(C(F)(F)F)ccc2s1. The summed E-state index contributed by atoms with van der Waals surface area (Å²) in [5.74, 6) is -0.453. The summed E-state index contributed by atoms with van der Waals surface area (Å²) in [6, 6.07) is 3.43. The molecule has 1 amide bonds. The van der Waals surface area contributed by atoms with E-state index >= 15 is 0 Å². The van der Waals surface area contributed by atoms with Gasteiger partial charge in [0.05, 0.1) is 20.8 Å². The zero-order valence-electron chi connectivity index (χ0n) is 9.12. The molecule has 1 heterocycles. The summed E-state index contributed by atoms with van der Waals surface area (Å²) in [4.78, 5) is 14.7. The molecule has 0 spiro atoms. The van der Waals surface area contributed by atoms with Gasteiger partial charge in [-0.3, -0.25) is 4.79 Å². The van der Waals surface area contributed by atoms with Crippen molar-refractivity contribution in [1.82, 2.24) is 4.98 Å². The average molecular weight is 274 g/mol. The standard InChI is InChI=1S/C11H9F3N2OS/c12-11(13,14)6-1-2-8-7(5-6)16-10(18-8)4-3-9(15)17/h1-2,5H,3-4H2,(H2,15,17). The van der Waals surface area contributed by atoms with Crippen LogP contribution in [-0.4, -0.2) is 10.9 Å². The minimum absolute atomic E-state index is 0.145. The number of amides is 1. The lowest BCUT2D eigenvalue weighted by Crippen LogP contribution is -2.10. The fourth-order valence-electron chi connectivity index (χ4n) is 1.49. The zero-order chi connectivity index (χ0) is 13.3. The van der Waals surface area contributed by atoms with Gasteiger partial charge in [-0.2, -0.15) is 13.2 Å². The molecule has 0 aliphatic carbocycles. The molecule has 0 unspecified atom stereocenters. The Hall–Kier alpha value is -1.63. The Balaban J connectivity index is 2.31. The number of carbonyl (C=O) groups excluding carboxylic acids is 1. The number of nitrogens with zero attached hydrogens (tertiary/aromatic N) is 1. The summed E-state index contributed by atoms with van der Waals surface area (Å²) in [5.41, 5.74) is 4.58. The monoisotopic (exact) mass is 274 g/mol. The number of rotatable bonds is 3. The van der Waals surface area contributed by atoms with Gasteiger partial charge in [-0.05, 0) is 18.2 Å². The van der Waals surface area contributed by atoms with Crippen LogP contribution in [0.15, 0.2) is 18.2 Å². The van der Waals surface area contributed by atoms with Crippen LogP contribution in [0.3, 0.4) is 0 Å². The molecule has 2 N–H and O–H groups in total. The van der Waals surface area contributed by atoms with Crippen molar-refractivity contribution in [2.45, 2.75) is 19.0 Å². The first-order valence-corrected chi connectivity index (χ1v) is 5.93. The number of carbonyl (C=O) groups is 1. The van der Waals surface area contributed by atoms with Gasteiger partial charge >= 0.3 is 6.18 Å². The lowest BCUT2D eigenvalue weighted by molar-refractivity contribution is -0.137. The highest BCUT2D eigenvalue weighted by Crippen LogP contribution is 2.32. The lowest BCUT2D eigenvalue weighted by Gasteiger charge is -2.04. The first kappa shape index (κ1) is 12.8. The number of aryl methyl sites for hydroxylation is 1. The molecule has 0 saturated carbocycles. The molecule has 0 aliphatic rings. The quantitative estimate of drug-likeness (QED) is 0.935. The molecule has 1 aromatic heterocycles. The van der Waals surface area contributed by atoms with Crippen LogP contribution in [0.5, 0.6) is 0 Å². The number of hydrogen-bond donors (Lipinski definition) is 1. The van der Waals surface area contributed by atoms with E-state index in [1.165, 1.54) is 17.4 Å². The molecule has 0 aliphatic heterocycles. The van der Waals surface area contributed by atoms with Gasteiger partial charge in [0.25, 0.3) is 0 Å². The Morgan fingerprint density at radius 1 is 1.39 bits per heavy atom. The van der Waals surface area contributed by atoms with E-state index in [9.17, 15) is 18.0 Å². The van der Waals surface area contributed by atoms with Crippen molar-refractivity contribution in [3.05, 3.63) is 28.8 Å². The minimum atomic E-state index is -4.37. The molecule has 3 nitrogen and oxygen atoms in total. The van der Waals surface area contributed by atoms with Crippen molar-refractivity contribution in [2.24, 2.45) is 5.73 Å². The Kier molecular flexibility index (Phi) is 3.25. The molecule has 7 heteroatoms.